The van der Waals surface area contributed by atoms with E-state index in [2.05, 4.69) is 25.9 Å². The number of rotatable bonds is 0. The van der Waals surface area contributed by atoms with Crippen LogP contribution < -0.4 is 4.90 Å². The zero-order valence-electron chi connectivity index (χ0n) is 10.4. The van der Waals surface area contributed by atoms with Crippen molar-refractivity contribution in [3.8, 4) is 0 Å². The van der Waals surface area contributed by atoms with Crippen LogP contribution in [0.2, 0.25) is 0 Å². The fraction of sp³-hybridized carbons (Fsp3) is 0.667. The summed E-state index contributed by atoms with van der Waals surface area (Å²) in [6.45, 7) is 7.19. The quantitative estimate of drug-likeness (QED) is 0.671. The Morgan fingerprint density at radius 3 is 2.75 bits per heavy atom. The molecule has 88 valence electrons. The highest BCUT2D eigenvalue weighted by atomic mass is 16.2. The first-order valence-corrected chi connectivity index (χ1v) is 5.70. The lowest BCUT2D eigenvalue weighted by atomic mass is 9.78. The van der Waals surface area contributed by atoms with Crippen molar-refractivity contribution in [2.75, 3.05) is 11.9 Å². The molecule has 1 amide bonds. The number of carbonyl (C=O) groups is 1. The standard InChI is InChI=1S/C12H19N3O/c1-12(2,3)9-6-8-15-10(5-7-13-15)14(4)11(9)16/h5,7,9H,6,8H2,1-4H3. The summed E-state index contributed by atoms with van der Waals surface area (Å²) in [4.78, 5) is 14.1. The van der Waals surface area contributed by atoms with E-state index < -0.39 is 0 Å². The molecule has 1 atom stereocenters. The normalized spacial score (nSPS) is 21.9. The monoisotopic (exact) mass is 221 g/mol. The molecular weight excluding hydrogens is 202 g/mol. The molecule has 0 fully saturated rings. The predicted octanol–water partition coefficient (Wildman–Crippen LogP) is 1.91. The number of amides is 1. The van der Waals surface area contributed by atoms with Gasteiger partial charge in [-0.25, -0.2) is 4.68 Å². The molecule has 0 saturated carbocycles. The van der Waals surface area contributed by atoms with Crippen LogP contribution in [0.25, 0.3) is 0 Å². The Hall–Kier alpha value is -1.32. The van der Waals surface area contributed by atoms with E-state index in [9.17, 15) is 4.79 Å². The van der Waals surface area contributed by atoms with Crippen LogP contribution in [0.15, 0.2) is 12.3 Å². The Labute approximate surface area is 96.2 Å². The van der Waals surface area contributed by atoms with Crippen LogP contribution in [0, 0.1) is 11.3 Å². The molecule has 0 aliphatic carbocycles. The number of fused-ring (bicyclic) bond motifs is 1. The molecule has 2 heterocycles. The van der Waals surface area contributed by atoms with Gasteiger partial charge in [0.05, 0.1) is 6.20 Å². The second kappa shape index (κ2) is 3.61. The summed E-state index contributed by atoms with van der Waals surface area (Å²) in [5.41, 5.74) is 0.00930. The summed E-state index contributed by atoms with van der Waals surface area (Å²) in [7, 11) is 1.83. The van der Waals surface area contributed by atoms with Gasteiger partial charge >= 0.3 is 0 Å². The van der Waals surface area contributed by atoms with E-state index in [1.807, 2.05) is 17.8 Å². The van der Waals surface area contributed by atoms with Crippen molar-refractivity contribution in [3.05, 3.63) is 12.3 Å². The van der Waals surface area contributed by atoms with Gasteiger partial charge in [0.25, 0.3) is 0 Å². The number of carbonyl (C=O) groups excluding carboxylic acids is 1. The van der Waals surface area contributed by atoms with E-state index in [1.54, 1.807) is 11.1 Å². The van der Waals surface area contributed by atoms with Crippen LogP contribution in [-0.2, 0) is 11.3 Å². The molecule has 0 spiro atoms. The minimum Gasteiger partial charge on any atom is -0.300 e. The maximum Gasteiger partial charge on any atom is 0.231 e. The molecule has 1 unspecified atom stereocenters. The molecule has 0 radical (unpaired) electrons. The van der Waals surface area contributed by atoms with Gasteiger partial charge in [-0.2, -0.15) is 5.10 Å². The Morgan fingerprint density at radius 2 is 2.12 bits per heavy atom. The molecule has 0 saturated heterocycles. The molecule has 1 aliphatic rings. The summed E-state index contributed by atoms with van der Waals surface area (Å²) in [6, 6.07) is 1.89. The fourth-order valence-electron chi connectivity index (χ4n) is 2.31. The number of hydrogen-bond donors (Lipinski definition) is 0. The van der Waals surface area contributed by atoms with Gasteiger partial charge in [0.2, 0.25) is 5.91 Å². The van der Waals surface area contributed by atoms with Crippen molar-refractivity contribution >= 4 is 11.7 Å². The first kappa shape index (κ1) is 11.2. The van der Waals surface area contributed by atoms with Crippen LogP contribution in [0.5, 0.6) is 0 Å². The van der Waals surface area contributed by atoms with Gasteiger partial charge in [0.1, 0.15) is 5.82 Å². The largest absolute Gasteiger partial charge is 0.300 e. The molecule has 4 heteroatoms. The van der Waals surface area contributed by atoms with Gasteiger partial charge < -0.3 is 0 Å². The molecule has 0 bridgehead atoms. The number of aromatic nitrogens is 2. The van der Waals surface area contributed by atoms with E-state index in [-0.39, 0.29) is 17.2 Å². The summed E-state index contributed by atoms with van der Waals surface area (Å²) in [6.07, 6.45) is 2.61. The van der Waals surface area contributed by atoms with E-state index in [1.165, 1.54) is 0 Å². The summed E-state index contributed by atoms with van der Waals surface area (Å²) in [5, 5.41) is 4.24. The van der Waals surface area contributed by atoms with Crippen LogP contribution in [0.1, 0.15) is 27.2 Å². The molecule has 0 aromatic carbocycles. The maximum absolute atomic E-state index is 12.3. The van der Waals surface area contributed by atoms with Crippen LogP contribution in [-0.4, -0.2) is 22.7 Å². The van der Waals surface area contributed by atoms with Gasteiger partial charge in [-0.05, 0) is 11.8 Å². The molecular formula is C12H19N3O. The van der Waals surface area contributed by atoms with Gasteiger partial charge in [0, 0.05) is 25.6 Å². The van der Waals surface area contributed by atoms with Gasteiger partial charge in [-0.15, -0.1) is 0 Å². The molecule has 2 rings (SSSR count). The maximum atomic E-state index is 12.3. The smallest absolute Gasteiger partial charge is 0.231 e. The molecule has 1 aromatic rings. The van der Waals surface area contributed by atoms with Crippen molar-refractivity contribution < 1.29 is 4.79 Å². The van der Waals surface area contributed by atoms with Crippen LogP contribution in [0.4, 0.5) is 5.82 Å². The predicted molar refractivity (Wildman–Crippen MR) is 63.2 cm³/mol. The molecule has 4 nitrogen and oxygen atoms in total. The zero-order chi connectivity index (χ0) is 11.9. The number of aryl methyl sites for hydroxylation is 1. The highest BCUT2D eigenvalue weighted by Crippen LogP contribution is 2.34. The van der Waals surface area contributed by atoms with Crippen molar-refractivity contribution in [1.82, 2.24) is 9.78 Å². The SMILES string of the molecule is CN1C(=O)C(C(C)(C)C)CCn2nccc21. The third-order valence-electron chi connectivity index (χ3n) is 3.34. The molecule has 0 N–H and O–H groups in total. The van der Waals surface area contributed by atoms with E-state index >= 15 is 0 Å². The van der Waals surface area contributed by atoms with Gasteiger partial charge in [0.15, 0.2) is 0 Å². The summed E-state index contributed by atoms with van der Waals surface area (Å²) < 4.78 is 1.91. The van der Waals surface area contributed by atoms with Crippen molar-refractivity contribution in [1.29, 1.82) is 0 Å². The minimum atomic E-state index is 0.00930. The first-order chi connectivity index (χ1) is 7.41. The molecule has 1 aromatic heterocycles. The number of nitrogens with zero attached hydrogens (tertiary/aromatic N) is 3. The number of hydrogen-bond acceptors (Lipinski definition) is 2. The van der Waals surface area contributed by atoms with Crippen LogP contribution >= 0.6 is 0 Å². The average Bonchev–Trinajstić information content (AvgIpc) is 2.58. The molecule has 16 heavy (non-hydrogen) atoms. The zero-order valence-corrected chi connectivity index (χ0v) is 10.4. The van der Waals surface area contributed by atoms with E-state index in [4.69, 9.17) is 0 Å². The van der Waals surface area contributed by atoms with E-state index in [0.29, 0.717) is 0 Å². The Bertz CT molecular complexity index is 403. The summed E-state index contributed by atoms with van der Waals surface area (Å²) in [5.74, 6) is 1.17. The molecule has 1 aliphatic heterocycles. The lowest BCUT2D eigenvalue weighted by molar-refractivity contribution is -0.125. The van der Waals surface area contributed by atoms with Crippen molar-refractivity contribution in [3.63, 3.8) is 0 Å². The van der Waals surface area contributed by atoms with Crippen molar-refractivity contribution in [2.24, 2.45) is 11.3 Å². The Morgan fingerprint density at radius 1 is 1.44 bits per heavy atom. The topological polar surface area (TPSA) is 38.1 Å². The summed E-state index contributed by atoms with van der Waals surface area (Å²) >= 11 is 0. The second-order valence-corrected chi connectivity index (χ2v) is 5.52. The lowest BCUT2D eigenvalue weighted by Gasteiger charge is -2.30. The van der Waals surface area contributed by atoms with Gasteiger partial charge in [-0.1, -0.05) is 20.8 Å². The minimum absolute atomic E-state index is 0.00930. The van der Waals surface area contributed by atoms with Crippen LogP contribution in [0.3, 0.4) is 0 Å². The third kappa shape index (κ3) is 1.72. The highest BCUT2D eigenvalue weighted by molar-refractivity contribution is 5.94. The number of anilines is 1. The second-order valence-electron chi connectivity index (χ2n) is 5.52. The Kier molecular flexibility index (Phi) is 2.52. The fourth-order valence-corrected chi connectivity index (χ4v) is 2.31. The first-order valence-electron chi connectivity index (χ1n) is 5.70. The average molecular weight is 221 g/mol. The van der Waals surface area contributed by atoms with Gasteiger partial charge in [-0.3, -0.25) is 9.69 Å². The highest BCUT2D eigenvalue weighted by Gasteiger charge is 2.36. The third-order valence-corrected chi connectivity index (χ3v) is 3.34. The lowest BCUT2D eigenvalue weighted by Crippen LogP contribution is -2.38. The Balaban J connectivity index is 2.35. The van der Waals surface area contributed by atoms with Crippen molar-refractivity contribution in [2.45, 2.75) is 33.7 Å². The van der Waals surface area contributed by atoms with E-state index in [0.717, 1.165) is 18.8 Å².